The lowest BCUT2D eigenvalue weighted by Crippen LogP contribution is -2.47. The topological polar surface area (TPSA) is 123 Å². The maximum atomic E-state index is 12.6. The third-order valence-electron chi connectivity index (χ3n) is 3.85. The Hall–Kier alpha value is -3.36. The van der Waals surface area contributed by atoms with Crippen LogP contribution in [0.2, 0.25) is 0 Å². The predicted molar refractivity (Wildman–Crippen MR) is 102 cm³/mol. The number of carbonyl (C=O) groups excluding carboxylic acids is 2. The Bertz CT molecular complexity index is 829. The zero-order chi connectivity index (χ0) is 20.7. The summed E-state index contributed by atoms with van der Waals surface area (Å²) in [6, 6.07) is 7.35. The SMILES string of the molecule is CCOc1ccc(C(=O)NC(C(=O)Nc2ccn(CC(=O)O)n2)C(C)C)cc1. The first kappa shape index (κ1) is 20.9. The van der Waals surface area contributed by atoms with E-state index in [9.17, 15) is 14.4 Å². The average Bonchev–Trinajstić information content (AvgIpc) is 3.06. The molecule has 3 N–H and O–H groups in total. The molecule has 0 bridgehead atoms. The first-order valence-electron chi connectivity index (χ1n) is 8.90. The van der Waals surface area contributed by atoms with Crippen LogP contribution in [0.4, 0.5) is 5.82 Å². The normalized spacial score (nSPS) is 11.7. The minimum Gasteiger partial charge on any atom is -0.494 e. The Kier molecular flexibility index (Phi) is 7.14. The van der Waals surface area contributed by atoms with Crippen LogP contribution >= 0.6 is 0 Å². The smallest absolute Gasteiger partial charge is 0.325 e. The van der Waals surface area contributed by atoms with Crippen molar-refractivity contribution in [3.05, 3.63) is 42.1 Å². The fourth-order valence-electron chi connectivity index (χ4n) is 2.49. The van der Waals surface area contributed by atoms with E-state index in [4.69, 9.17) is 9.84 Å². The van der Waals surface area contributed by atoms with Crippen LogP contribution in [0, 0.1) is 5.92 Å². The molecule has 2 rings (SSSR count). The van der Waals surface area contributed by atoms with Crippen LogP contribution in [0.15, 0.2) is 36.5 Å². The molecular formula is C19H24N4O5. The van der Waals surface area contributed by atoms with Crippen LogP contribution in [0.3, 0.4) is 0 Å². The highest BCUT2D eigenvalue weighted by Gasteiger charge is 2.25. The van der Waals surface area contributed by atoms with Crippen molar-refractivity contribution >= 4 is 23.6 Å². The third-order valence-corrected chi connectivity index (χ3v) is 3.85. The lowest BCUT2D eigenvalue weighted by atomic mass is 10.0. The van der Waals surface area contributed by atoms with Crippen molar-refractivity contribution in [3.63, 3.8) is 0 Å². The van der Waals surface area contributed by atoms with E-state index in [2.05, 4.69) is 15.7 Å². The summed E-state index contributed by atoms with van der Waals surface area (Å²) in [5, 5.41) is 18.1. The van der Waals surface area contributed by atoms with Gasteiger partial charge in [0, 0.05) is 17.8 Å². The van der Waals surface area contributed by atoms with Crippen LogP contribution in [0.1, 0.15) is 31.1 Å². The van der Waals surface area contributed by atoms with E-state index in [-0.39, 0.29) is 24.2 Å². The van der Waals surface area contributed by atoms with Gasteiger partial charge in [-0.25, -0.2) is 0 Å². The number of nitrogens with one attached hydrogen (secondary N) is 2. The molecule has 1 aromatic heterocycles. The molecule has 0 spiro atoms. The molecule has 0 saturated carbocycles. The molecular weight excluding hydrogens is 364 g/mol. The molecule has 0 saturated heterocycles. The summed E-state index contributed by atoms with van der Waals surface area (Å²) in [6.45, 7) is 5.72. The zero-order valence-corrected chi connectivity index (χ0v) is 16.0. The van der Waals surface area contributed by atoms with E-state index < -0.39 is 17.9 Å². The molecule has 0 aliphatic carbocycles. The van der Waals surface area contributed by atoms with Gasteiger partial charge < -0.3 is 20.5 Å². The van der Waals surface area contributed by atoms with Crippen LogP contribution < -0.4 is 15.4 Å². The van der Waals surface area contributed by atoms with E-state index in [1.165, 1.54) is 16.9 Å². The van der Waals surface area contributed by atoms with Gasteiger partial charge >= 0.3 is 5.97 Å². The second-order valence-corrected chi connectivity index (χ2v) is 6.43. The first-order valence-corrected chi connectivity index (χ1v) is 8.90. The van der Waals surface area contributed by atoms with Gasteiger partial charge in [-0.2, -0.15) is 5.10 Å². The number of anilines is 1. The molecule has 9 heteroatoms. The largest absolute Gasteiger partial charge is 0.494 e. The average molecular weight is 388 g/mol. The minimum absolute atomic E-state index is 0.173. The number of rotatable bonds is 9. The summed E-state index contributed by atoms with van der Waals surface area (Å²) in [5.74, 6) is -1.15. The van der Waals surface area contributed by atoms with Gasteiger partial charge in [-0.05, 0) is 37.1 Å². The monoisotopic (exact) mass is 388 g/mol. The Balaban J connectivity index is 2.03. The molecule has 150 valence electrons. The number of aromatic nitrogens is 2. The molecule has 28 heavy (non-hydrogen) atoms. The van der Waals surface area contributed by atoms with E-state index in [0.29, 0.717) is 17.9 Å². The molecule has 1 heterocycles. The Morgan fingerprint density at radius 1 is 1.18 bits per heavy atom. The number of carboxylic acid groups (broad SMARTS) is 1. The second-order valence-electron chi connectivity index (χ2n) is 6.43. The summed E-state index contributed by atoms with van der Waals surface area (Å²) in [7, 11) is 0. The van der Waals surface area contributed by atoms with Crippen molar-refractivity contribution < 1.29 is 24.2 Å². The molecule has 0 fully saturated rings. The van der Waals surface area contributed by atoms with E-state index in [1.807, 2.05) is 20.8 Å². The van der Waals surface area contributed by atoms with Crippen LogP contribution in [-0.4, -0.2) is 45.3 Å². The van der Waals surface area contributed by atoms with Gasteiger partial charge in [0.1, 0.15) is 18.3 Å². The molecule has 2 aromatic rings. The van der Waals surface area contributed by atoms with Crippen molar-refractivity contribution in [2.45, 2.75) is 33.4 Å². The van der Waals surface area contributed by atoms with Gasteiger partial charge in [0.05, 0.1) is 6.61 Å². The van der Waals surface area contributed by atoms with Crippen molar-refractivity contribution in [1.29, 1.82) is 0 Å². The Labute approximate surface area is 162 Å². The number of hydrogen-bond donors (Lipinski definition) is 3. The lowest BCUT2D eigenvalue weighted by Gasteiger charge is -2.21. The van der Waals surface area contributed by atoms with E-state index in [0.717, 1.165) is 0 Å². The van der Waals surface area contributed by atoms with E-state index >= 15 is 0 Å². The minimum atomic E-state index is -1.04. The highest BCUT2D eigenvalue weighted by Crippen LogP contribution is 2.13. The van der Waals surface area contributed by atoms with Gasteiger partial charge in [-0.3, -0.25) is 19.1 Å². The van der Waals surface area contributed by atoms with Gasteiger partial charge in [-0.15, -0.1) is 0 Å². The van der Waals surface area contributed by atoms with Crippen molar-refractivity contribution in [1.82, 2.24) is 15.1 Å². The predicted octanol–water partition coefficient (Wildman–Crippen LogP) is 1.76. The Morgan fingerprint density at radius 2 is 1.86 bits per heavy atom. The van der Waals surface area contributed by atoms with Crippen LogP contribution in [0.5, 0.6) is 5.75 Å². The molecule has 1 atom stereocenters. The summed E-state index contributed by atoms with van der Waals surface area (Å²) in [5.41, 5.74) is 0.410. The number of ether oxygens (including phenoxy) is 1. The molecule has 1 unspecified atom stereocenters. The molecule has 0 radical (unpaired) electrons. The highest BCUT2D eigenvalue weighted by atomic mass is 16.5. The van der Waals surface area contributed by atoms with Crippen molar-refractivity contribution in [2.24, 2.45) is 5.92 Å². The molecule has 0 aliphatic rings. The zero-order valence-electron chi connectivity index (χ0n) is 16.0. The number of nitrogens with zero attached hydrogens (tertiary/aromatic N) is 2. The molecule has 1 aromatic carbocycles. The molecule has 0 aliphatic heterocycles. The maximum absolute atomic E-state index is 12.6. The lowest BCUT2D eigenvalue weighted by molar-refractivity contribution is -0.137. The first-order chi connectivity index (χ1) is 13.3. The fraction of sp³-hybridized carbons (Fsp3) is 0.368. The van der Waals surface area contributed by atoms with Crippen molar-refractivity contribution in [2.75, 3.05) is 11.9 Å². The number of benzene rings is 1. The maximum Gasteiger partial charge on any atom is 0.325 e. The Morgan fingerprint density at radius 3 is 2.43 bits per heavy atom. The van der Waals surface area contributed by atoms with E-state index in [1.54, 1.807) is 24.3 Å². The number of carboxylic acids is 1. The summed E-state index contributed by atoms with van der Waals surface area (Å²) in [6.07, 6.45) is 1.45. The quantitative estimate of drug-likeness (QED) is 0.602. The summed E-state index contributed by atoms with van der Waals surface area (Å²) >= 11 is 0. The second kappa shape index (κ2) is 9.54. The van der Waals surface area contributed by atoms with Crippen LogP contribution in [-0.2, 0) is 16.1 Å². The van der Waals surface area contributed by atoms with Crippen LogP contribution in [0.25, 0.3) is 0 Å². The van der Waals surface area contributed by atoms with Gasteiger partial charge in [0.15, 0.2) is 5.82 Å². The highest BCUT2D eigenvalue weighted by molar-refractivity contribution is 6.01. The number of carbonyl (C=O) groups is 3. The fourth-order valence-corrected chi connectivity index (χ4v) is 2.49. The summed E-state index contributed by atoms with van der Waals surface area (Å²) < 4.78 is 6.54. The van der Waals surface area contributed by atoms with Gasteiger partial charge in [0.25, 0.3) is 5.91 Å². The van der Waals surface area contributed by atoms with Gasteiger partial charge in [0.2, 0.25) is 5.91 Å². The third kappa shape index (κ3) is 5.83. The number of hydrogen-bond acceptors (Lipinski definition) is 5. The van der Waals surface area contributed by atoms with Gasteiger partial charge in [-0.1, -0.05) is 13.8 Å². The standard InChI is InChI=1S/C19H24N4O5/c1-4-28-14-7-5-13(6-8-14)18(26)21-17(12(2)3)19(27)20-15-9-10-23(22-15)11-16(24)25/h5-10,12,17H,4,11H2,1-3H3,(H,21,26)(H,24,25)(H,20,22,27). The number of aliphatic carboxylic acids is 1. The molecule has 9 nitrogen and oxygen atoms in total. The number of amides is 2. The molecule has 2 amide bonds. The summed E-state index contributed by atoms with van der Waals surface area (Å²) in [4.78, 5) is 35.8. The van der Waals surface area contributed by atoms with Crippen molar-refractivity contribution in [3.8, 4) is 5.75 Å².